The van der Waals surface area contributed by atoms with E-state index < -0.39 is 0 Å². The number of furan rings is 1. The van der Waals surface area contributed by atoms with Crippen LogP contribution < -0.4 is 5.32 Å². The van der Waals surface area contributed by atoms with Crippen LogP contribution in [-0.4, -0.2) is 35.8 Å². The van der Waals surface area contributed by atoms with Gasteiger partial charge < -0.3 is 14.6 Å². The summed E-state index contributed by atoms with van der Waals surface area (Å²) >= 11 is 0. The molecule has 2 heterocycles. The van der Waals surface area contributed by atoms with Gasteiger partial charge in [0.25, 0.3) is 5.91 Å². The molecule has 1 saturated heterocycles. The van der Waals surface area contributed by atoms with E-state index in [-0.39, 0.29) is 11.8 Å². The lowest BCUT2D eigenvalue weighted by Gasteiger charge is -2.31. The molecule has 0 unspecified atom stereocenters. The smallest absolute Gasteiger partial charge is 0.289 e. The summed E-state index contributed by atoms with van der Waals surface area (Å²) in [6.07, 6.45) is 8.27. The molecule has 1 aromatic carbocycles. The van der Waals surface area contributed by atoms with Crippen LogP contribution in [0.5, 0.6) is 0 Å². The number of nitrogens with one attached hydrogen (secondary N) is 1. The van der Waals surface area contributed by atoms with Crippen LogP contribution in [-0.2, 0) is 17.6 Å². The van der Waals surface area contributed by atoms with Gasteiger partial charge in [-0.05, 0) is 67.7 Å². The van der Waals surface area contributed by atoms with Gasteiger partial charge >= 0.3 is 0 Å². The van der Waals surface area contributed by atoms with Crippen LogP contribution in [0.2, 0.25) is 0 Å². The zero-order chi connectivity index (χ0) is 19.3. The molecule has 28 heavy (non-hydrogen) atoms. The Bertz CT molecular complexity index is 786. The van der Waals surface area contributed by atoms with Gasteiger partial charge in [0.05, 0.1) is 6.26 Å². The third-order valence-electron chi connectivity index (χ3n) is 5.76. The number of hydrogen-bond acceptors (Lipinski definition) is 3. The van der Waals surface area contributed by atoms with Crippen molar-refractivity contribution in [1.82, 2.24) is 10.2 Å². The van der Waals surface area contributed by atoms with Gasteiger partial charge in [-0.2, -0.15) is 0 Å². The van der Waals surface area contributed by atoms with Gasteiger partial charge in [-0.15, -0.1) is 0 Å². The highest BCUT2D eigenvalue weighted by atomic mass is 16.3. The number of hydrogen-bond donors (Lipinski definition) is 1. The Morgan fingerprint density at radius 1 is 1.00 bits per heavy atom. The molecule has 0 radical (unpaired) electrons. The van der Waals surface area contributed by atoms with E-state index in [1.807, 2.05) is 4.90 Å². The Balaban J connectivity index is 1.20. The van der Waals surface area contributed by atoms with E-state index in [2.05, 4.69) is 29.6 Å². The molecule has 1 aliphatic carbocycles. The predicted molar refractivity (Wildman–Crippen MR) is 107 cm³/mol. The van der Waals surface area contributed by atoms with Crippen molar-refractivity contribution in [2.75, 3.05) is 13.1 Å². The SMILES string of the molecule is O=C(CCc1ccc(CC2CCN(C(=O)c3ccco3)CC2)cc1)NC1CC1. The fourth-order valence-corrected chi connectivity index (χ4v) is 3.86. The number of rotatable bonds is 7. The molecule has 148 valence electrons. The van der Waals surface area contributed by atoms with Crippen molar-refractivity contribution in [1.29, 1.82) is 0 Å². The van der Waals surface area contributed by atoms with Crippen LogP contribution in [0.15, 0.2) is 47.1 Å². The fraction of sp³-hybridized carbons (Fsp3) is 0.478. The molecular weight excluding hydrogens is 352 g/mol. The van der Waals surface area contributed by atoms with E-state index in [4.69, 9.17) is 4.42 Å². The van der Waals surface area contributed by atoms with Crippen molar-refractivity contribution in [3.8, 4) is 0 Å². The van der Waals surface area contributed by atoms with Gasteiger partial charge in [-0.25, -0.2) is 0 Å². The van der Waals surface area contributed by atoms with Crippen molar-refractivity contribution < 1.29 is 14.0 Å². The predicted octanol–water partition coefficient (Wildman–Crippen LogP) is 3.59. The summed E-state index contributed by atoms with van der Waals surface area (Å²) in [7, 11) is 0. The van der Waals surface area contributed by atoms with Crippen LogP contribution in [0.25, 0.3) is 0 Å². The first-order valence-corrected chi connectivity index (χ1v) is 10.4. The second-order valence-corrected chi connectivity index (χ2v) is 8.08. The number of carbonyl (C=O) groups excluding carboxylic acids is 2. The van der Waals surface area contributed by atoms with Crippen LogP contribution in [0, 0.1) is 5.92 Å². The maximum Gasteiger partial charge on any atom is 0.289 e. The molecule has 2 aliphatic rings. The Kier molecular flexibility index (Phi) is 5.79. The van der Waals surface area contributed by atoms with Crippen LogP contribution in [0.3, 0.4) is 0 Å². The van der Waals surface area contributed by atoms with Crippen LogP contribution >= 0.6 is 0 Å². The average Bonchev–Trinajstić information content (AvgIpc) is 3.36. The summed E-state index contributed by atoms with van der Waals surface area (Å²) in [5, 5.41) is 3.04. The minimum atomic E-state index is -0.00137. The zero-order valence-corrected chi connectivity index (χ0v) is 16.2. The molecule has 5 nitrogen and oxygen atoms in total. The largest absolute Gasteiger partial charge is 0.459 e. The van der Waals surface area contributed by atoms with E-state index in [0.29, 0.717) is 24.1 Å². The Morgan fingerprint density at radius 3 is 2.36 bits per heavy atom. The molecule has 2 fully saturated rings. The summed E-state index contributed by atoms with van der Waals surface area (Å²) in [6.45, 7) is 1.58. The Morgan fingerprint density at radius 2 is 1.71 bits per heavy atom. The number of piperidine rings is 1. The van der Waals surface area contributed by atoms with Crippen LogP contribution in [0.1, 0.15) is 53.8 Å². The lowest BCUT2D eigenvalue weighted by Crippen LogP contribution is -2.38. The van der Waals surface area contributed by atoms with E-state index in [9.17, 15) is 9.59 Å². The first-order chi connectivity index (χ1) is 13.7. The molecule has 2 amide bonds. The van der Waals surface area contributed by atoms with E-state index in [1.165, 1.54) is 11.1 Å². The van der Waals surface area contributed by atoms with Crippen LogP contribution in [0.4, 0.5) is 0 Å². The van der Waals surface area contributed by atoms with Gasteiger partial charge in [0.1, 0.15) is 0 Å². The zero-order valence-electron chi connectivity index (χ0n) is 16.2. The van der Waals surface area contributed by atoms with Crippen molar-refractivity contribution in [3.05, 3.63) is 59.5 Å². The van der Waals surface area contributed by atoms with E-state index >= 15 is 0 Å². The number of nitrogens with zero attached hydrogens (tertiary/aromatic N) is 1. The molecule has 2 aromatic rings. The third-order valence-corrected chi connectivity index (χ3v) is 5.76. The Hall–Kier alpha value is -2.56. The minimum absolute atomic E-state index is 0.00137. The molecule has 1 aromatic heterocycles. The number of carbonyl (C=O) groups is 2. The molecule has 0 spiro atoms. The molecule has 1 saturated carbocycles. The van der Waals surface area contributed by atoms with E-state index in [1.54, 1.807) is 18.4 Å². The average molecular weight is 380 g/mol. The number of benzene rings is 1. The third kappa shape index (κ3) is 5.03. The Labute approximate surface area is 166 Å². The summed E-state index contributed by atoms with van der Waals surface area (Å²) in [4.78, 5) is 26.0. The quantitative estimate of drug-likeness (QED) is 0.798. The molecule has 1 N–H and O–H groups in total. The monoisotopic (exact) mass is 380 g/mol. The fourth-order valence-electron chi connectivity index (χ4n) is 3.86. The second kappa shape index (κ2) is 8.63. The summed E-state index contributed by atoms with van der Waals surface area (Å²) in [5.41, 5.74) is 2.55. The molecular formula is C23H28N2O3. The number of amides is 2. The topological polar surface area (TPSA) is 62.6 Å². The maximum absolute atomic E-state index is 12.3. The second-order valence-electron chi connectivity index (χ2n) is 8.08. The van der Waals surface area contributed by atoms with Gasteiger partial charge in [0.15, 0.2) is 5.76 Å². The minimum Gasteiger partial charge on any atom is -0.459 e. The normalized spacial score (nSPS) is 17.5. The molecule has 5 heteroatoms. The van der Waals surface area contributed by atoms with Crippen molar-refractivity contribution in [2.24, 2.45) is 5.92 Å². The maximum atomic E-state index is 12.3. The summed E-state index contributed by atoms with van der Waals surface area (Å²) in [5.74, 6) is 1.21. The lowest BCUT2D eigenvalue weighted by molar-refractivity contribution is -0.121. The first kappa shape index (κ1) is 18.8. The van der Waals surface area contributed by atoms with Crippen molar-refractivity contribution >= 4 is 11.8 Å². The lowest BCUT2D eigenvalue weighted by atomic mass is 9.89. The van der Waals surface area contributed by atoms with E-state index in [0.717, 1.165) is 51.6 Å². The molecule has 4 rings (SSSR count). The van der Waals surface area contributed by atoms with Crippen molar-refractivity contribution in [2.45, 2.75) is 51.0 Å². The van der Waals surface area contributed by atoms with Gasteiger partial charge in [-0.1, -0.05) is 24.3 Å². The van der Waals surface area contributed by atoms with Gasteiger partial charge in [-0.3, -0.25) is 9.59 Å². The molecule has 0 bridgehead atoms. The molecule has 1 aliphatic heterocycles. The number of likely N-dealkylation sites (tertiary alicyclic amines) is 1. The first-order valence-electron chi connectivity index (χ1n) is 10.4. The standard InChI is InChI=1S/C23H28N2O3/c26-22(24-20-8-9-20)10-7-17-3-5-18(6-4-17)16-19-11-13-25(14-12-19)23(27)21-2-1-15-28-21/h1-6,15,19-20H,7-14,16H2,(H,24,26). The summed E-state index contributed by atoms with van der Waals surface area (Å²) in [6, 6.07) is 12.6. The van der Waals surface area contributed by atoms with Crippen molar-refractivity contribution in [3.63, 3.8) is 0 Å². The highest BCUT2D eigenvalue weighted by molar-refractivity contribution is 5.91. The summed E-state index contributed by atoms with van der Waals surface area (Å²) < 4.78 is 5.22. The molecule has 0 atom stereocenters. The number of aryl methyl sites for hydroxylation is 1. The highest BCUT2D eigenvalue weighted by Gasteiger charge is 2.25. The van der Waals surface area contributed by atoms with Gasteiger partial charge in [0.2, 0.25) is 5.91 Å². The van der Waals surface area contributed by atoms with Gasteiger partial charge in [0, 0.05) is 25.6 Å². The highest BCUT2D eigenvalue weighted by Crippen LogP contribution is 2.23.